The van der Waals surface area contributed by atoms with E-state index >= 15 is 0 Å². The molecule has 0 amide bonds. The summed E-state index contributed by atoms with van der Waals surface area (Å²) in [6.45, 7) is 5.72. The van der Waals surface area contributed by atoms with Gasteiger partial charge in [-0.1, -0.05) is 6.92 Å². The van der Waals surface area contributed by atoms with Crippen LogP contribution in [-0.4, -0.2) is 54.0 Å². The summed E-state index contributed by atoms with van der Waals surface area (Å²) in [5, 5.41) is 9.03. The predicted octanol–water partition coefficient (Wildman–Crippen LogP) is 0.359. The lowest BCUT2D eigenvalue weighted by molar-refractivity contribution is -0.143. The average Bonchev–Trinajstić information content (AvgIpc) is 2.12. The summed E-state index contributed by atoms with van der Waals surface area (Å²) in [4.78, 5) is 12.8. The fourth-order valence-electron chi connectivity index (χ4n) is 2.04. The molecule has 1 rings (SSSR count). The maximum atomic E-state index is 11.8. The molecule has 0 radical (unpaired) electrons. The Labute approximate surface area is 96.4 Å². The lowest BCUT2D eigenvalue weighted by Crippen LogP contribution is -2.57. The molecule has 1 saturated heterocycles. The second-order valence-electron chi connectivity index (χ2n) is 4.81. The Morgan fingerprint density at radius 3 is 2.44 bits per heavy atom. The molecule has 0 aromatic heterocycles. The molecule has 1 fully saturated rings. The van der Waals surface area contributed by atoms with Gasteiger partial charge in [-0.3, -0.25) is 9.69 Å². The van der Waals surface area contributed by atoms with Crippen molar-refractivity contribution in [1.82, 2.24) is 4.90 Å². The average molecular weight is 249 g/mol. The number of carboxylic acid groups (broad SMARTS) is 1. The van der Waals surface area contributed by atoms with Crippen LogP contribution in [0.25, 0.3) is 0 Å². The molecule has 1 atom stereocenters. The standard InChI is InChI=1S/C10H19NO4S/c1-4-8(9(12)13)11-5-6-16(14,15)10(2,3)7-11/h8H,4-7H2,1-3H3,(H,12,13)/t8-/m1/s1. The molecule has 0 saturated carbocycles. The van der Waals surface area contributed by atoms with Crippen molar-refractivity contribution in [1.29, 1.82) is 0 Å². The van der Waals surface area contributed by atoms with Crippen LogP contribution in [0.15, 0.2) is 0 Å². The molecule has 1 N–H and O–H groups in total. The van der Waals surface area contributed by atoms with Crippen LogP contribution in [0.1, 0.15) is 27.2 Å². The Bertz CT molecular complexity index is 374. The van der Waals surface area contributed by atoms with Crippen molar-refractivity contribution in [2.45, 2.75) is 38.0 Å². The van der Waals surface area contributed by atoms with Gasteiger partial charge in [-0.2, -0.15) is 0 Å². The van der Waals surface area contributed by atoms with Gasteiger partial charge in [0.2, 0.25) is 0 Å². The highest BCUT2D eigenvalue weighted by Crippen LogP contribution is 2.25. The summed E-state index contributed by atoms with van der Waals surface area (Å²) in [5.41, 5.74) is 0. The Balaban J connectivity index is 2.87. The molecule has 0 aliphatic carbocycles. The monoisotopic (exact) mass is 249 g/mol. The molecule has 0 unspecified atom stereocenters. The lowest BCUT2D eigenvalue weighted by atomic mass is 10.1. The van der Waals surface area contributed by atoms with E-state index in [0.717, 1.165) is 0 Å². The smallest absolute Gasteiger partial charge is 0.320 e. The maximum Gasteiger partial charge on any atom is 0.320 e. The normalized spacial score (nSPS) is 26.2. The molecule has 16 heavy (non-hydrogen) atoms. The molecule has 1 heterocycles. The van der Waals surface area contributed by atoms with Crippen molar-refractivity contribution in [2.24, 2.45) is 0 Å². The fourth-order valence-corrected chi connectivity index (χ4v) is 3.43. The van der Waals surface area contributed by atoms with Crippen molar-refractivity contribution in [3.63, 3.8) is 0 Å². The summed E-state index contributed by atoms with van der Waals surface area (Å²) < 4.78 is 22.7. The minimum atomic E-state index is -3.10. The van der Waals surface area contributed by atoms with Gasteiger partial charge in [-0.25, -0.2) is 8.42 Å². The van der Waals surface area contributed by atoms with Crippen LogP contribution in [-0.2, 0) is 14.6 Å². The minimum Gasteiger partial charge on any atom is -0.480 e. The highest BCUT2D eigenvalue weighted by Gasteiger charge is 2.42. The lowest BCUT2D eigenvalue weighted by Gasteiger charge is -2.40. The zero-order chi connectivity index (χ0) is 12.6. The number of sulfone groups is 1. The van der Waals surface area contributed by atoms with Crippen LogP contribution in [0.3, 0.4) is 0 Å². The topological polar surface area (TPSA) is 74.7 Å². The Kier molecular flexibility index (Phi) is 3.64. The van der Waals surface area contributed by atoms with E-state index in [2.05, 4.69) is 0 Å². The number of rotatable bonds is 3. The predicted molar refractivity (Wildman–Crippen MR) is 61.2 cm³/mol. The van der Waals surface area contributed by atoms with E-state index < -0.39 is 26.6 Å². The quantitative estimate of drug-likeness (QED) is 0.781. The van der Waals surface area contributed by atoms with Crippen molar-refractivity contribution < 1.29 is 18.3 Å². The first-order chi connectivity index (χ1) is 7.21. The van der Waals surface area contributed by atoms with Gasteiger partial charge in [0.25, 0.3) is 0 Å². The molecule has 1 aliphatic heterocycles. The van der Waals surface area contributed by atoms with E-state index in [9.17, 15) is 13.2 Å². The van der Waals surface area contributed by atoms with Gasteiger partial charge in [0.1, 0.15) is 6.04 Å². The third-order valence-electron chi connectivity index (χ3n) is 3.19. The third-order valence-corrected chi connectivity index (χ3v) is 5.72. The molecule has 6 heteroatoms. The minimum absolute atomic E-state index is 0.0454. The van der Waals surface area contributed by atoms with Crippen molar-refractivity contribution in [3.8, 4) is 0 Å². The summed E-state index contributed by atoms with van der Waals surface area (Å²) in [5.74, 6) is -0.832. The maximum absolute atomic E-state index is 11.8. The number of nitrogens with zero attached hydrogens (tertiary/aromatic N) is 1. The number of aliphatic carboxylic acids is 1. The van der Waals surface area contributed by atoms with Gasteiger partial charge in [0.15, 0.2) is 9.84 Å². The van der Waals surface area contributed by atoms with Crippen LogP contribution in [0, 0.1) is 0 Å². The van der Waals surface area contributed by atoms with Crippen LogP contribution >= 0.6 is 0 Å². The highest BCUT2D eigenvalue weighted by atomic mass is 32.2. The zero-order valence-electron chi connectivity index (χ0n) is 9.93. The van der Waals surface area contributed by atoms with Crippen LogP contribution < -0.4 is 0 Å². The number of carboxylic acids is 1. The van der Waals surface area contributed by atoms with E-state index in [1.807, 2.05) is 0 Å². The second-order valence-corrected chi connectivity index (χ2v) is 7.55. The molecule has 5 nitrogen and oxygen atoms in total. The van der Waals surface area contributed by atoms with Gasteiger partial charge < -0.3 is 5.11 Å². The summed E-state index contributed by atoms with van der Waals surface area (Å²) in [7, 11) is -3.10. The van der Waals surface area contributed by atoms with E-state index in [1.54, 1.807) is 25.7 Å². The van der Waals surface area contributed by atoms with Gasteiger partial charge in [-0.05, 0) is 20.3 Å². The molecule has 0 aromatic carbocycles. The first-order valence-electron chi connectivity index (χ1n) is 5.40. The van der Waals surface area contributed by atoms with E-state index in [0.29, 0.717) is 19.5 Å². The van der Waals surface area contributed by atoms with E-state index in [1.165, 1.54) is 0 Å². The van der Waals surface area contributed by atoms with Gasteiger partial charge in [0.05, 0.1) is 10.5 Å². The Morgan fingerprint density at radius 1 is 1.50 bits per heavy atom. The first-order valence-corrected chi connectivity index (χ1v) is 7.05. The van der Waals surface area contributed by atoms with E-state index in [4.69, 9.17) is 5.11 Å². The number of hydrogen-bond acceptors (Lipinski definition) is 4. The van der Waals surface area contributed by atoms with Crippen molar-refractivity contribution in [3.05, 3.63) is 0 Å². The largest absolute Gasteiger partial charge is 0.480 e. The fraction of sp³-hybridized carbons (Fsp3) is 0.900. The number of hydrogen-bond donors (Lipinski definition) is 1. The molecule has 94 valence electrons. The third kappa shape index (κ3) is 2.38. The summed E-state index contributed by atoms with van der Waals surface area (Å²) in [6.07, 6.45) is 0.492. The van der Waals surface area contributed by atoms with Crippen LogP contribution in [0.5, 0.6) is 0 Å². The molecule has 0 aromatic rings. The summed E-state index contributed by atoms with van der Waals surface area (Å²) in [6, 6.07) is -0.574. The van der Waals surface area contributed by atoms with Crippen molar-refractivity contribution >= 4 is 15.8 Å². The van der Waals surface area contributed by atoms with Gasteiger partial charge in [-0.15, -0.1) is 0 Å². The number of carbonyl (C=O) groups is 1. The first kappa shape index (κ1) is 13.4. The SMILES string of the molecule is CC[C@H](C(=O)O)N1CCS(=O)(=O)C(C)(C)C1. The van der Waals surface area contributed by atoms with Gasteiger partial charge in [0, 0.05) is 13.1 Å². The highest BCUT2D eigenvalue weighted by molar-refractivity contribution is 7.92. The molecular formula is C10H19NO4S. The molecule has 0 bridgehead atoms. The Hall–Kier alpha value is -0.620. The molecule has 0 spiro atoms. The summed E-state index contributed by atoms with van der Waals surface area (Å²) >= 11 is 0. The van der Waals surface area contributed by atoms with Crippen LogP contribution in [0.4, 0.5) is 0 Å². The van der Waals surface area contributed by atoms with Crippen LogP contribution in [0.2, 0.25) is 0 Å². The molecular weight excluding hydrogens is 230 g/mol. The second kappa shape index (κ2) is 4.33. The molecule has 1 aliphatic rings. The van der Waals surface area contributed by atoms with E-state index in [-0.39, 0.29) is 5.75 Å². The van der Waals surface area contributed by atoms with Crippen molar-refractivity contribution in [2.75, 3.05) is 18.8 Å². The van der Waals surface area contributed by atoms with Gasteiger partial charge >= 0.3 is 5.97 Å². The Morgan fingerprint density at radius 2 is 2.06 bits per heavy atom. The zero-order valence-corrected chi connectivity index (χ0v) is 10.7.